The van der Waals surface area contributed by atoms with Gasteiger partial charge in [0.15, 0.2) is 11.6 Å². The SMILES string of the molecule is CCCCC/C=C/CCOC(=O)CCC(=O)Oc1ccccc1F. The molecule has 0 fully saturated rings. The van der Waals surface area contributed by atoms with Crippen molar-refractivity contribution in [3.05, 3.63) is 42.2 Å². The fourth-order valence-electron chi connectivity index (χ4n) is 1.97. The summed E-state index contributed by atoms with van der Waals surface area (Å²) in [6, 6.07) is 5.63. The van der Waals surface area contributed by atoms with Crippen molar-refractivity contribution >= 4 is 11.9 Å². The molecule has 0 aliphatic heterocycles. The molecule has 0 aliphatic rings. The summed E-state index contributed by atoms with van der Waals surface area (Å²) in [6.07, 6.45) is 9.18. The fraction of sp³-hybridized carbons (Fsp3) is 0.474. The van der Waals surface area contributed by atoms with Gasteiger partial charge in [-0.15, -0.1) is 0 Å². The van der Waals surface area contributed by atoms with Gasteiger partial charge in [0.05, 0.1) is 19.4 Å². The van der Waals surface area contributed by atoms with Crippen molar-refractivity contribution in [1.82, 2.24) is 0 Å². The predicted molar refractivity (Wildman–Crippen MR) is 90.1 cm³/mol. The smallest absolute Gasteiger partial charge is 0.311 e. The van der Waals surface area contributed by atoms with E-state index in [0.717, 1.165) is 6.42 Å². The van der Waals surface area contributed by atoms with Crippen LogP contribution in [0.15, 0.2) is 36.4 Å². The maximum Gasteiger partial charge on any atom is 0.311 e. The maximum atomic E-state index is 13.3. The maximum absolute atomic E-state index is 13.3. The number of unbranched alkanes of at least 4 members (excludes halogenated alkanes) is 3. The van der Waals surface area contributed by atoms with E-state index in [2.05, 4.69) is 13.0 Å². The second-order valence-corrected chi connectivity index (χ2v) is 5.38. The van der Waals surface area contributed by atoms with E-state index >= 15 is 0 Å². The van der Waals surface area contributed by atoms with Gasteiger partial charge in [-0.3, -0.25) is 9.59 Å². The van der Waals surface area contributed by atoms with Gasteiger partial charge in [0.1, 0.15) is 0 Å². The Labute approximate surface area is 142 Å². The van der Waals surface area contributed by atoms with Gasteiger partial charge >= 0.3 is 11.9 Å². The lowest BCUT2D eigenvalue weighted by atomic mass is 10.2. The summed E-state index contributed by atoms with van der Waals surface area (Å²) in [6.45, 7) is 2.46. The number of esters is 2. The Hall–Kier alpha value is -2.17. The van der Waals surface area contributed by atoms with Crippen LogP contribution in [0.3, 0.4) is 0 Å². The lowest BCUT2D eigenvalue weighted by molar-refractivity contribution is -0.146. The van der Waals surface area contributed by atoms with Crippen molar-refractivity contribution in [2.75, 3.05) is 6.61 Å². The topological polar surface area (TPSA) is 52.6 Å². The second-order valence-electron chi connectivity index (χ2n) is 5.38. The van der Waals surface area contributed by atoms with Crippen LogP contribution >= 0.6 is 0 Å². The second kappa shape index (κ2) is 12.3. The number of hydrogen-bond donors (Lipinski definition) is 0. The highest BCUT2D eigenvalue weighted by molar-refractivity contribution is 5.79. The molecular formula is C19H25FO4. The lowest BCUT2D eigenvalue weighted by Gasteiger charge is -2.05. The van der Waals surface area contributed by atoms with Crippen molar-refractivity contribution in [1.29, 1.82) is 0 Å². The number of rotatable bonds is 11. The van der Waals surface area contributed by atoms with E-state index in [4.69, 9.17) is 9.47 Å². The first-order chi connectivity index (χ1) is 11.6. The minimum absolute atomic E-state index is 0.0759. The van der Waals surface area contributed by atoms with Gasteiger partial charge < -0.3 is 9.47 Å². The van der Waals surface area contributed by atoms with Gasteiger partial charge in [0.2, 0.25) is 0 Å². The average molecular weight is 336 g/mol. The van der Waals surface area contributed by atoms with E-state index in [1.807, 2.05) is 6.08 Å². The summed E-state index contributed by atoms with van der Waals surface area (Å²) in [5.41, 5.74) is 0. The third-order valence-corrected chi connectivity index (χ3v) is 3.28. The van der Waals surface area contributed by atoms with Gasteiger partial charge in [0, 0.05) is 0 Å². The van der Waals surface area contributed by atoms with Crippen LogP contribution in [0.25, 0.3) is 0 Å². The minimum atomic E-state index is -0.659. The zero-order valence-electron chi connectivity index (χ0n) is 14.1. The van der Waals surface area contributed by atoms with Crippen LogP contribution in [-0.4, -0.2) is 18.5 Å². The molecule has 0 aliphatic carbocycles. The molecular weight excluding hydrogens is 311 g/mol. The van der Waals surface area contributed by atoms with E-state index in [-0.39, 0.29) is 18.6 Å². The molecule has 0 radical (unpaired) electrons. The van der Waals surface area contributed by atoms with Crippen LogP contribution in [-0.2, 0) is 14.3 Å². The van der Waals surface area contributed by atoms with Gasteiger partial charge in [-0.2, -0.15) is 0 Å². The summed E-state index contributed by atoms with van der Waals surface area (Å²) in [5, 5.41) is 0. The number of hydrogen-bond acceptors (Lipinski definition) is 4. The molecule has 0 atom stereocenters. The predicted octanol–water partition coefficient (Wildman–Crippen LogP) is 4.58. The van der Waals surface area contributed by atoms with E-state index in [0.29, 0.717) is 13.0 Å². The molecule has 132 valence electrons. The van der Waals surface area contributed by atoms with Crippen LogP contribution in [0.4, 0.5) is 4.39 Å². The van der Waals surface area contributed by atoms with Crippen molar-refractivity contribution in [2.24, 2.45) is 0 Å². The molecule has 0 saturated carbocycles. The highest BCUT2D eigenvalue weighted by atomic mass is 19.1. The van der Waals surface area contributed by atoms with Crippen molar-refractivity contribution in [2.45, 2.75) is 51.9 Å². The average Bonchev–Trinajstić information content (AvgIpc) is 2.57. The standard InChI is InChI=1S/C19H25FO4/c1-2-3-4-5-6-7-10-15-23-18(21)13-14-19(22)24-17-12-9-8-11-16(17)20/h6-9,11-12H,2-5,10,13-15H2,1H3/b7-6+. The Bertz CT molecular complexity index is 540. The summed E-state index contributed by atoms with van der Waals surface area (Å²) < 4.78 is 23.2. The molecule has 0 heterocycles. The number of allylic oxidation sites excluding steroid dienone is 1. The van der Waals surface area contributed by atoms with E-state index < -0.39 is 17.8 Å². The molecule has 0 saturated heterocycles. The van der Waals surface area contributed by atoms with Crippen LogP contribution in [0.2, 0.25) is 0 Å². The molecule has 0 aromatic heterocycles. The molecule has 0 amide bonds. The number of halogens is 1. The Morgan fingerprint density at radius 2 is 1.75 bits per heavy atom. The quantitative estimate of drug-likeness (QED) is 0.257. The molecule has 0 bridgehead atoms. The number of para-hydroxylation sites is 1. The zero-order chi connectivity index (χ0) is 17.6. The first-order valence-corrected chi connectivity index (χ1v) is 8.39. The summed E-state index contributed by atoms with van der Waals surface area (Å²) in [7, 11) is 0. The third kappa shape index (κ3) is 9.08. The van der Waals surface area contributed by atoms with Crippen LogP contribution in [0.1, 0.15) is 51.9 Å². The van der Waals surface area contributed by atoms with Crippen LogP contribution in [0.5, 0.6) is 5.75 Å². The molecule has 24 heavy (non-hydrogen) atoms. The largest absolute Gasteiger partial charge is 0.465 e. The Morgan fingerprint density at radius 1 is 1.04 bits per heavy atom. The fourth-order valence-corrected chi connectivity index (χ4v) is 1.97. The first kappa shape index (κ1) is 19.9. The van der Waals surface area contributed by atoms with Crippen molar-refractivity contribution < 1.29 is 23.5 Å². The zero-order valence-corrected chi connectivity index (χ0v) is 14.1. The van der Waals surface area contributed by atoms with E-state index in [1.165, 1.54) is 37.5 Å². The number of carbonyl (C=O) groups excluding carboxylic acids is 2. The van der Waals surface area contributed by atoms with Gasteiger partial charge in [-0.25, -0.2) is 4.39 Å². The monoisotopic (exact) mass is 336 g/mol. The lowest BCUT2D eigenvalue weighted by Crippen LogP contribution is -2.13. The molecule has 4 nitrogen and oxygen atoms in total. The molecule has 0 spiro atoms. The normalized spacial score (nSPS) is 10.8. The Kier molecular flexibility index (Phi) is 10.2. The molecule has 1 aromatic carbocycles. The number of benzene rings is 1. The Balaban J connectivity index is 2.11. The number of ether oxygens (including phenoxy) is 2. The van der Waals surface area contributed by atoms with Gasteiger partial charge in [0.25, 0.3) is 0 Å². The molecule has 0 N–H and O–H groups in total. The summed E-state index contributed by atoms with van der Waals surface area (Å²) in [5.74, 6) is -1.86. The van der Waals surface area contributed by atoms with Crippen LogP contribution < -0.4 is 4.74 Å². The molecule has 1 rings (SSSR count). The van der Waals surface area contributed by atoms with E-state index in [9.17, 15) is 14.0 Å². The minimum Gasteiger partial charge on any atom is -0.465 e. The van der Waals surface area contributed by atoms with Gasteiger partial charge in [-0.1, -0.05) is 44.1 Å². The Morgan fingerprint density at radius 3 is 2.50 bits per heavy atom. The summed E-state index contributed by atoms with van der Waals surface area (Å²) in [4.78, 5) is 23.1. The summed E-state index contributed by atoms with van der Waals surface area (Å²) >= 11 is 0. The van der Waals surface area contributed by atoms with Crippen molar-refractivity contribution in [3.8, 4) is 5.75 Å². The molecule has 0 unspecified atom stereocenters. The molecule has 1 aromatic rings. The van der Waals surface area contributed by atoms with Gasteiger partial charge in [-0.05, 0) is 31.4 Å². The highest BCUT2D eigenvalue weighted by Gasteiger charge is 2.11. The van der Waals surface area contributed by atoms with E-state index in [1.54, 1.807) is 6.07 Å². The van der Waals surface area contributed by atoms with Crippen LogP contribution in [0, 0.1) is 5.82 Å². The van der Waals surface area contributed by atoms with Crippen molar-refractivity contribution in [3.63, 3.8) is 0 Å². The molecule has 5 heteroatoms. The highest BCUT2D eigenvalue weighted by Crippen LogP contribution is 2.16. The first-order valence-electron chi connectivity index (χ1n) is 8.39. The number of carbonyl (C=O) groups is 2. The third-order valence-electron chi connectivity index (χ3n) is 3.28.